The van der Waals surface area contributed by atoms with Crippen LogP contribution in [-0.2, 0) is 11.3 Å². The van der Waals surface area contributed by atoms with Crippen LogP contribution in [0.5, 0.6) is 5.75 Å². The molecule has 2 heterocycles. The van der Waals surface area contributed by atoms with Crippen LogP contribution in [0.15, 0.2) is 36.4 Å². The Morgan fingerprint density at radius 2 is 1.82 bits per heavy atom. The topological polar surface area (TPSA) is 63.6 Å². The molecule has 3 rings (SSSR count). The molecular weight excluding hydrogens is 354 g/mol. The number of aromatic nitrogens is 1. The molecule has 1 aromatic carbocycles. The predicted octanol–water partition coefficient (Wildman–Crippen LogP) is 3.17. The highest BCUT2D eigenvalue weighted by Crippen LogP contribution is 2.27. The highest BCUT2D eigenvalue weighted by atomic mass is 16.5. The third-order valence-electron chi connectivity index (χ3n) is 4.95. The van der Waals surface area contributed by atoms with Gasteiger partial charge in [-0.25, -0.2) is 0 Å². The second kappa shape index (κ2) is 8.95. The Balaban J connectivity index is 1.65. The number of ether oxygens (including phenoxy) is 1. The molecule has 0 atom stereocenters. The molecule has 2 amide bonds. The van der Waals surface area contributed by atoms with Crippen molar-refractivity contribution in [3.05, 3.63) is 42.1 Å². The summed E-state index contributed by atoms with van der Waals surface area (Å²) in [6.07, 6.45) is 1.03. The Hall–Kier alpha value is -2.76. The molecule has 0 radical (unpaired) electrons. The van der Waals surface area contributed by atoms with Crippen molar-refractivity contribution < 1.29 is 14.3 Å². The van der Waals surface area contributed by atoms with Gasteiger partial charge in [0.25, 0.3) is 5.91 Å². The lowest BCUT2D eigenvalue weighted by Crippen LogP contribution is -2.41. The van der Waals surface area contributed by atoms with Gasteiger partial charge in [0.2, 0.25) is 5.91 Å². The average molecular weight is 383 g/mol. The number of benzene rings is 1. The van der Waals surface area contributed by atoms with Crippen LogP contribution in [0.3, 0.4) is 0 Å². The van der Waals surface area contributed by atoms with Crippen molar-refractivity contribution in [1.82, 2.24) is 14.8 Å². The molecule has 0 fully saturated rings. The molecule has 1 aliphatic heterocycles. The summed E-state index contributed by atoms with van der Waals surface area (Å²) in [6, 6.07) is 11.8. The van der Waals surface area contributed by atoms with E-state index in [0.29, 0.717) is 19.1 Å². The van der Waals surface area contributed by atoms with Crippen molar-refractivity contribution in [2.24, 2.45) is 5.92 Å². The zero-order valence-electron chi connectivity index (χ0n) is 16.9. The summed E-state index contributed by atoms with van der Waals surface area (Å²) in [4.78, 5) is 25.6. The van der Waals surface area contributed by atoms with E-state index in [9.17, 15) is 9.59 Å². The van der Waals surface area contributed by atoms with E-state index in [1.807, 2.05) is 41.3 Å². The van der Waals surface area contributed by atoms with E-state index in [4.69, 9.17) is 4.74 Å². The number of amides is 2. The number of carbonyl (C=O) groups excluding carboxylic acids is 2. The van der Waals surface area contributed by atoms with Gasteiger partial charge < -0.3 is 19.5 Å². The summed E-state index contributed by atoms with van der Waals surface area (Å²) < 4.78 is 7.75. The van der Waals surface area contributed by atoms with Crippen LogP contribution in [0, 0.1) is 5.92 Å². The highest BCUT2D eigenvalue weighted by molar-refractivity contribution is 5.94. The summed E-state index contributed by atoms with van der Waals surface area (Å²) in [7, 11) is 0. The molecule has 0 saturated carbocycles. The average Bonchev–Trinajstić information content (AvgIpc) is 3.10. The number of rotatable bonds is 8. The van der Waals surface area contributed by atoms with Crippen molar-refractivity contribution >= 4 is 11.8 Å². The molecule has 0 aliphatic carbocycles. The van der Waals surface area contributed by atoms with Crippen LogP contribution in [0.4, 0.5) is 0 Å². The van der Waals surface area contributed by atoms with E-state index < -0.39 is 0 Å². The molecule has 6 heteroatoms. The molecule has 0 bridgehead atoms. The van der Waals surface area contributed by atoms with Gasteiger partial charge in [-0.15, -0.1) is 0 Å². The predicted molar refractivity (Wildman–Crippen MR) is 109 cm³/mol. The van der Waals surface area contributed by atoms with Gasteiger partial charge in [0.05, 0.1) is 6.54 Å². The second-order valence-electron chi connectivity index (χ2n) is 7.59. The second-order valence-corrected chi connectivity index (χ2v) is 7.59. The first-order chi connectivity index (χ1) is 13.5. The van der Waals surface area contributed by atoms with Crippen LogP contribution >= 0.6 is 0 Å². The molecule has 1 aromatic heterocycles. The van der Waals surface area contributed by atoms with Gasteiger partial charge in [0.1, 0.15) is 18.1 Å². The van der Waals surface area contributed by atoms with Crippen LogP contribution in [-0.4, -0.2) is 47.5 Å². The van der Waals surface area contributed by atoms with Gasteiger partial charge in [-0.05, 0) is 54.3 Å². The molecule has 2 aromatic rings. The minimum atomic E-state index is -0.0609. The normalized spacial score (nSPS) is 13.6. The number of hydrogen-bond acceptors (Lipinski definition) is 3. The van der Waals surface area contributed by atoms with Crippen molar-refractivity contribution in [3.63, 3.8) is 0 Å². The summed E-state index contributed by atoms with van der Waals surface area (Å²) in [5, 5.41) is 2.70. The molecule has 0 unspecified atom stereocenters. The summed E-state index contributed by atoms with van der Waals surface area (Å²) in [5.74, 6) is 1.41. The van der Waals surface area contributed by atoms with E-state index in [2.05, 4.69) is 23.7 Å². The van der Waals surface area contributed by atoms with Crippen molar-refractivity contribution in [2.45, 2.75) is 33.7 Å². The lowest BCUT2D eigenvalue weighted by molar-refractivity contribution is -0.119. The van der Waals surface area contributed by atoms with Gasteiger partial charge in [0, 0.05) is 32.3 Å². The number of nitrogens with one attached hydrogen (secondary N) is 1. The van der Waals surface area contributed by atoms with Gasteiger partial charge in [0.15, 0.2) is 0 Å². The Labute approximate surface area is 166 Å². The SMILES string of the molecule is CC(=O)NCCOc1ccc(-c2ccc3n2CCN(CCC(C)C)C3=O)cc1. The maximum Gasteiger partial charge on any atom is 0.270 e. The smallest absolute Gasteiger partial charge is 0.270 e. The standard InChI is InChI=1S/C22H29N3O3/c1-16(2)10-12-24-13-14-25-20(8-9-21(25)22(24)27)18-4-6-19(7-5-18)28-15-11-23-17(3)26/h4-9,16H,10-15H2,1-3H3,(H,23,26). The number of hydrogen-bond donors (Lipinski definition) is 1. The molecule has 28 heavy (non-hydrogen) atoms. The van der Waals surface area contributed by atoms with E-state index in [1.165, 1.54) is 6.92 Å². The number of nitrogens with zero attached hydrogens (tertiary/aromatic N) is 2. The molecule has 0 spiro atoms. The maximum absolute atomic E-state index is 12.8. The largest absolute Gasteiger partial charge is 0.492 e. The van der Waals surface area contributed by atoms with E-state index in [0.717, 1.165) is 48.8 Å². The van der Waals surface area contributed by atoms with Crippen LogP contribution < -0.4 is 10.1 Å². The van der Waals surface area contributed by atoms with Crippen LogP contribution in [0.25, 0.3) is 11.3 Å². The summed E-state index contributed by atoms with van der Waals surface area (Å²) in [5.41, 5.74) is 2.88. The van der Waals surface area contributed by atoms with E-state index >= 15 is 0 Å². The number of fused-ring (bicyclic) bond motifs is 1. The highest BCUT2D eigenvalue weighted by Gasteiger charge is 2.26. The minimum Gasteiger partial charge on any atom is -0.492 e. The monoisotopic (exact) mass is 383 g/mol. The van der Waals surface area contributed by atoms with Gasteiger partial charge in [-0.3, -0.25) is 9.59 Å². The van der Waals surface area contributed by atoms with Crippen LogP contribution in [0.1, 0.15) is 37.7 Å². The van der Waals surface area contributed by atoms with Gasteiger partial charge >= 0.3 is 0 Å². The third-order valence-corrected chi connectivity index (χ3v) is 4.95. The third kappa shape index (κ3) is 4.74. The quantitative estimate of drug-likeness (QED) is 0.712. The van der Waals surface area contributed by atoms with Crippen molar-refractivity contribution in [2.75, 3.05) is 26.2 Å². The number of carbonyl (C=O) groups is 2. The lowest BCUT2D eigenvalue weighted by atomic mass is 10.1. The molecule has 1 aliphatic rings. The van der Waals surface area contributed by atoms with E-state index in [-0.39, 0.29) is 11.8 Å². The fraction of sp³-hybridized carbons (Fsp3) is 0.455. The molecular formula is C22H29N3O3. The fourth-order valence-corrected chi connectivity index (χ4v) is 3.38. The van der Waals surface area contributed by atoms with Crippen molar-refractivity contribution in [1.29, 1.82) is 0 Å². The first kappa shape index (κ1) is 20.0. The summed E-state index contributed by atoms with van der Waals surface area (Å²) in [6.45, 7) is 9.16. The van der Waals surface area contributed by atoms with Crippen LogP contribution in [0.2, 0.25) is 0 Å². The first-order valence-corrected chi connectivity index (χ1v) is 9.92. The zero-order valence-corrected chi connectivity index (χ0v) is 16.9. The fourth-order valence-electron chi connectivity index (χ4n) is 3.38. The van der Waals surface area contributed by atoms with Gasteiger partial charge in [-0.2, -0.15) is 0 Å². The Morgan fingerprint density at radius 3 is 2.50 bits per heavy atom. The maximum atomic E-state index is 12.8. The Kier molecular flexibility index (Phi) is 6.39. The molecule has 6 nitrogen and oxygen atoms in total. The van der Waals surface area contributed by atoms with Gasteiger partial charge in [-0.1, -0.05) is 13.8 Å². The first-order valence-electron chi connectivity index (χ1n) is 9.92. The summed E-state index contributed by atoms with van der Waals surface area (Å²) >= 11 is 0. The molecule has 150 valence electrons. The molecule has 1 N–H and O–H groups in total. The van der Waals surface area contributed by atoms with E-state index in [1.54, 1.807) is 0 Å². The zero-order chi connectivity index (χ0) is 20.1. The minimum absolute atomic E-state index is 0.0609. The Bertz CT molecular complexity index is 824. The molecule has 0 saturated heterocycles. The Morgan fingerprint density at radius 1 is 1.11 bits per heavy atom. The lowest BCUT2D eigenvalue weighted by Gasteiger charge is -2.30. The van der Waals surface area contributed by atoms with Crippen molar-refractivity contribution in [3.8, 4) is 17.0 Å².